The lowest BCUT2D eigenvalue weighted by Gasteiger charge is -2.14. The number of para-hydroxylation sites is 2. The number of carbonyl (C=O) groups is 2. The Morgan fingerprint density at radius 1 is 1.19 bits per heavy atom. The molecule has 1 amide bonds. The van der Waals surface area contributed by atoms with Crippen molar-refractivity contribution in [1.29, 1.82) is 0 Å². The number of ether oxygens (including phenoxy) is 2. The minimum absolute atomic E-state index is 0.0669. The maximum atomic E-state index is 13.6. The first kappa shape index (κ1) is 19.5. The molecule has 0 heterocycles. The molecule has 0 bridgehead atoms. The SMILES string of the molecule is COc1ccccc1NC(=O)C(C)OC(=O)/C=C/c1c(F)cccc1Cl. The minimum atomic E-state index is -1.06. The molecule has 7 heteroatoms. The molecule has 1 unspecified atom stereocenters. The average molecular weight is 378 g/mol. The zero-order valence-corrected chi connectivity index (χ0v) is 14.9. The summed E-state index contributed by atoms with van der Waals surface area (Å²) in [5.41, 5.74) is 0.522. The van der Waals surface area contributed by atoms with Gasteiger partial charge in [0.05, 0.1) is 17.8 Å². The van der Waals surface area contributed by atoms with E-state index in [2.05, 4.69) is 5.32 Å². The molecule has 2 aromatic carbocycles. The summed E-state index contributed by atoms with van der Waals surface area (Å²) in [4.78, 5) is 24.0. The van der Waals surface area contributed by atoms with Crippen LogP contribution in [0.25, 0.3) is 6.08 Å². The number of methoxy groups -OCH3 is 1. The normalized spacial score (nSPS) is 11.8. The lowest BCUT2D eigenvalue weighted by molar-refractivity contribution is -0.148. The van der Waals surface area contributed by atoms with Gasteiger partial charge in [-0.3, -0.25) is 4.79 Å². The van der Waals surface area contributed by atoms with E-state index in [0.29, 0.717) is 11.4 Å². The molecule has 0 aliphatic heterocycles. The van der Waals surface area contributed by atoms with Crippen LogP contribution in [0, 0.1) is 5.82 Å². The Bertz CT molecular complexity index is 818. The van der Waals surface area contributed by atoms with E-state index in [0.717, 1.165) is 6.08 Å². The molecular weight excluding hydrogens is 361 g/mol. The van der Waals surface area contributed by atoms with Crippen molar-refractivity contribution in [3.63, 3.8) is 0 Å². The largest absolute Gasteiger partial charge is 0.495 e. The predicted octanol–water partition coefficient (Wildman–Crippen LogP) is 4.07. The van der Waals surface area contributed by atoms with Crippen molar-refractivity contribution in [1.82, 2.24) is 0 Å². The van der Waals surface area contributed by atoms with Gasteiger partial charge in [-0.1, -0.05) is 29.8 Å². The number of amides is 1. The zero-order chi connectivity index (χ0) is 19.1. The van der Waals surface area contributed by atoms with Gasteiger partial charge in [0.1, 0.15) is 11.6 Å². The summed E-state index contributed by atoms with van der Waals surface area (Å²) in [6, 6.07) is 11.0. The fraction of sp³-hybridized carbons (Fsp3) is 0.158. The van der Waals surface area contributed by atoms with Crippen molar-refractivity contribution in [2.24, 2.45) is 0 Å². The van der Waals surface area contributed by atoms with Gasteiger partial charge >= 0.3 is 5.97 Å². The monoisotopic (exact) mass is 377 g/mol. The summed E-state index contributed by atoms with van der Waals surface area (Å²) >= 11 is 5.87. The van der Waals surface area contributed by atoms with Crippen LogP contribution in [0.3, 0.4) is 0 Å². The Kier molecular flexibility index (Phi) is 6.74. The third-order valence-electron chi connectivity index (χ3n) is 3.41. The summed E-state index contributed by atoms with van der Waals surface area (Å²) < 4.78 is 23.8. The summed E-state index contributed by atoms with van der Waals surface area (Å²) in [6.07, 6.45) is 1.15. The van der Waals surface area contributed by atoms with E-state index in [-0.39, 0.29) is 10.6 Å². The summed E-state index contributed by atoms with van der Waals surface area (Å²) in [5.74, 6) is -1.41. The third kappa shape index (κ3) is 5.07. The molecule has 0 aliphatic rings. The van der Waals surface area contributed by atoms with E-state index in [4.69, 9.17) is 21.1 Å². The van der Waals surface area contributed by atoms with Crippen LogP contribution in [-0.4, -0.2) is 25.1 Å². The Morgan fingerprint density at radius 2 is 1.92 bits per heavy atom. The Morgan fingerprint density at radius 3 is 2.62 bits per heavy atom. The summed E-state index contributed by atoms with van der Waals surface area (Å²) in [5, 5.41) is 2.78. The van der Waals surface area contributed by atoms with Crippen molar-refractivity contribution in [3.05, 3.63) is 64.9 Å². The maximum absolute atomic E-state index is 13.6. The number of carbonyl (C=O) groups excluding carboxylic acids is 2. The van der Waals surface area contributed by atoms with E-state index in [1.54, 1.807) is 24.3 Å². The van der Waals surface area contributed by atoms with Crippen LogP contribution in [0.2, 0.25) is 5.02 Å². The molecule has 0 saturated carbocycles. The second-order valence-corrected chi connectivity index (χ2v) is 5.64. The van der Waals surface area contributed by atoms with Gasteiger partial charge in [-0.25, -0.2) is 9.18 Å². The highest BCUT2D eigenvalue weighted by Crippen LogP contribution is 2.23. The van der Waals surface area contributed by atoms with E-state index >= 15 is 0 Å². The first-order chi connectivity index (χ1) is 12.4. The van der Waals surface area contributed by atoms with E-state index in [1.165, 1.54) is 38.3 Å². The van der Waals surface area contributed by atoms with Crippen molar-refractivity contribution < 1.29 is 23.5 Å². The molecule has 2 rings (SSSR count). The highest BCUT2D eigenvalue weighted by atomic mass is 35.5. The first-order valence-electron chi connectivity index (χ1n) is 7.69. The molecular formula is C19H17ClFNO4. The van der Waals surface area contributed by atoms with E-state index in [9.17, 15) is 14.0 Å². The molecule has 0 aliphatic carbocycles. The Labute approximate surface area is 155 Å². The van der Waals surface area contributed by atoms with E-state index < -0.39 is 23.8 Å². The number of hydrogen-bond donors (Lipinski definition) is 1. The molecule has 1 atom stereocenters. The number of benzene rings is 2. The zero-order valence-electron chi connectivity index (χ0n) is 14.2. The van der Waals surface area contributed by atoms with E-state index in [1.807, 2.05) is 0 Å². The second-order valence-electron chi connectivity index (χ2n) is 5.24. The van der Waals surface area contributed by atoms with Crippen LogP contribution in [0.1, 0.15) is 12.5 Å². The van der Waals surface area contributed by atoms with Gasteiger partial charge in [0, 0.05) is 11.6 Å². The third-order valence-corrected chi connectivity index (χ3v) is 3.74. The predicted molar refractivity (Wildman–Crippen MR) is 97.6 cm³/mol. The van der Waals surface area contributed by atoms with Crippen molar-refractivity contribution >= 4 is 35.2 Å². The summed E-state index contributed by atoms with van der Waals surface area (Å²) in [7, 11) is 1.48. The fourth-order valence-electron chi connectivity index (χ4n) is 2.07. The molecule has 0 spiro atoms. The Hall–Kier alpha value is -2.86. The number of hydrogen-bond acceptors (Lipinski definition) is 4. The molecule has 26 heavy (non-hydrogen) atoms. The average Bonchev–Trinajstić information content (AvgIpc) is 2.61. The van der Waals surface area contributed by atoms with Crippen LogP contribution in [-0.2, 0) is 14.3 Å². The molecule has 0 radical (unpaired) electrons. The number of rotatable bonds is 6. The summed E-state index contributed by atoms with van der Waals surface area (Å²) in [6.45, 7) is 1.42. The molecule has 0 saturated heterocycles. The van der Waals surface area contributed by atoms with Crippen molar-refractivity contribution in [2.45, 2.75) is 13.0 Å². The van der Waals surface area contributed by atoms with Crippen molar-refractivity contribution in [2.75, 3.05) is 12.4 Å². The standard InChI is InChI=1S/C19H17ClFNO4/c1-12(19(24)22-16-8-3-4-9-17(16)25-2)26-18(23)11-10-13-14(20)6-5-7-15(13)21/h3-12H,1-2H3,(H,22,24)/b11-10+. The highest BCUT2D eigenvalue weighted by Gasteiger charge is 2.18. The van der Waals surface area contributed by atoms with Crippen LogP contribution in [0.15, 0.2) is 48.5 Å². The fourth-order valence-corrected chi connectivity index (χ4v) is 2.30. The van der Waals surface area contributed by atoms with Gasteiger partial charge in [0.25, 0.3) is 5.91 Å². The number of esters is 1. The van der Waals surface area contributed by atoms with Crippen LogP contribution in [0.4, 0.5) is 10.1 Å². The molecule has 0 fully saturated rings. The number of halogens is 2. The first-order valence-corrected chi connectivity index (χ1v) is 8.06. The quantitative estimate of drug-likeness (QED) is 0.608. The van der Waals surface area contributed by atoms with Gasteiger partial charge in [0.2, 0.25) is 0 Å². The van der Waals surface area contributed by atoms with Gasteiger partial charge in [-0.2, -0.15) is 0 Å². The highest BCUT2D eigenvalue weighted by molar-refractivity contribution is 6.32. The Balaban J connectivity index is 1.98. The van der Waals surface area contributed by atoms with Crippen LogP contribution in [0.5, 0.6) is 5.75 Å². The molecule has 136 valence electrons. The van der Waals surface area contributed by atoms with Gasteiger partial charge < -0.3 is 14.8 Å². The van der Waals surface area contributed by atoms with Crippen LogP contribution < -0.4 is 10.1 Å². The number of nitrogens with one attached hydrogen (secondary N) is 1. The topological polar surface area (TPSA) is 64.6 Å². The molecule has 0 aromatic heterocycles. The van der Waals surface area contributed by atoms with Gasteiger partial charge in [-0.15, -0.1) is 0 Å². The number of anilines is 1. The lowest BCUT2D eigenvalue weighted by atomic mass is 10.2. The minimum Gasteiger partial charge on any atom is -0.495 e. The van der Waals surface area contributed by atoms with Crippen molar-refractivity contribution in [3.8, 4) is 5.75 Å². The van der Waals surface area contributed by atoms with Gasteiger partial charge in [0.15, 0.2) is 6.10 Å². The molecule has 2 aromatic rings. The molecule has 5 nitrogen and oxygen atoms in total. The van der Waals surface area contributed by atoms with Gasteiger partial charge in [-0.05, 0) is 37.3 Å². The smallest absolute Gasteiger partial charge is 0.331 e. The maximum Gasteiger partial charge on any atom is 0.331 e. The lowest BCUT2D eigenvalue weighted by Crippen LogP contribution is -2.29. The molecule has 1 N–H and O–H groups in total. The second kappa shape index (κ2) is 9.01. The van der Waals surface area contributed by atoms with Crippen LogP contribution >= 0.6 is 11.6 Å².